The summed E-state index contributed by atoms with van der Waals surface area (Å²) in [7, 11) is -3.58. The average molecular weight is 290 g/mol. The van der Waals surface area contributed by atoms with Crippen LogP contribution in [0.5, 0.6) is 0 Å². The summed E-state index contributed by atoms with van der Waals surface area (Å²) in [6.45, 7) is 1.97. The molecule has 0 radical (unpaired) electrons. The summed E-state index contributed by atoms with van der Waals surface area (Å²) in [6.07, 6.45) is 3.90. The van der Waals surface area contributed by atoms with E-state index in [2.05, 4.69) is 4.98 Å². The van der Waals surface area contributed by atoms with Gasteiger partial charge in [-0.15, -0.1) is 0 Å². The molecule has 0 saturated carbocycles. The van der Waals surface area contributed by atoms with Gasteiger partial charge in [0.05, 0.1) is 11.8 Å². The minimum Gasteiger partial charge on any atom is -0.268 e. The number of pyridine rings is 1. The molecule has 1 aromatic heterocycles. The summed E-state index contributed by atoms with van der Waals surface area (Å²) in [4.78, 5) is 15.8. The number of aromatic nitrogens is 1. The molecular formula is C14H14N2O3S. The van der Waals surface area contributed by atoms with E-state index in [9.17, 15) is 13.2 Å². The number of amides is 1. The van der Waals surface area contributed by atoms with Crippen molar-refractivity contribution < 1.29 is 13.2 Å². The van der Waals surface area contributed by atoms with Crippen LogP contribution in [0.25, 0.3) is 11.1 Å². The Morgan fingerprint density at radius 1 is 1.15 bits per heavy atom. The number of nitrogens with one attached hydrogen (secondary N) is 1. The van der Waals surface area contributed by atoms with Crippen LogP contribution in [0.1, 0.15) is 15.9 Å². The molecule has 0 saturated heterocycles. The molecule has 0 aliphatic carbocycles. The van der Waals surface area contributed by atoms with Crippen LogP contribution in [0, 0.1) is 6.92 Å². The minimum absolute atomic E-state index is 0.203. The Labute approximate surface area is 117 Å². The maximum atomic E-state index is 11.8. The van der Waals surface area contributed by atoms with Crippen LogP contribution in [-0.4, -0.2) is 25.6 Å². The van der Waals surface area contributed by atoms with Crippen LogP contribution in [0.15, 0.2) is 42.7 Å². The normalized spacial score (nSPS) is 11.1. The molecule has 0 bridgehead atoms. The number of sulfonamides is 1. The molecule has 1 heterocycles. The average Bonchev–Trinajstić information content (AvgIpc) is 2.37. The predicted octanol–water partition coefficient (Wildman–Crippen LogP) is 1.75. The van der Waals surface area contributed by atoms with E-state index in [0.717, 1.165) is 22.9 Å². The van der Waals surface area contributed by atoms with E-state index in [-0.39, 0.29) is 5.56 Å². The van der Waals surface area contributed by atoms with Gasteiger partial charge in [-0.05, 0) is 18.6 Å². The van der Waals surface area contributed by atoms with Crippen LogP contribution >= 0.6 is 0 Å². The zero-order chi connectivity index (χ0) is 14.8. The van der Waals surface area contributed by atoms with Gasteiger partial charge in [0, 0.05) is 18.0 Å². The van der Waals surface area contributed by atoms with Crippen LogP contribution in [-0.2, 0) is 10.0 Å². The Morgan fingerprint density at radius 2 is 1.90 bits per heavy atom. The summed E-state index contributed by atoms with van der Waals surface area (Å²) in [5.41, 5.74) is 2.98. The van der Waals surface area contributed by atoms with E-state index in [1.165, 1.54) is 6.20 Å². The highest BCUT2D eigenvalue weighted by Gasteiger charge is 2.12. The molecule has 0 unspecified atom stereocenters. The molecule has 0 atom stereocenters. The molecular weight excluding hydrogens is 276 g/mol. The topological polar surface area (TPSA) is 76.1 Å². The highest BCUT2D eigenvalue weighted by molar-refractivity contribution is 7.89. The van der Waals surface area contributed by atoms with Crippen molar-refractivity contribution in [1.29, 1.82) is 0 Å². The van der Waals surface area contributed by atoms with Crippen molar-refractivity contribution in [2.45, 2.75) is 6.92 Å². The summed E-state index contributed by atoms with van der Waals surface area (Å²) >= 11 is 0. The van der Waals surface area contributed by atoms with Crippen molar-refractivity contribution >= 4 is 15.9 Å². The Kier molecular flexibility index (Phi) is 3.85. The molecule has 6 heteroatoms. The summed E-state index contributed by atoms with van der Waals surface area (Å²) < 4.78 is 24.0. The quantitative estimate of drug-likeness (QED) is 0.934. The number of hydrogen-bond acceptors (Lipinski definition) is 4. The zero-order valence-corrected chi connectivity index (χ0v) is 11.9. The monoisotopic (exact) mass is 290 g/mol. The number of carbonyl (C=O) groups is 1. The number of benzene rings is 1. The third kappa shape index (κ3) is 3.64. The maximum absolute atomic E-state index is 11.8. The highest BCUT2D eigenvalue weighted by Crippen LogP contribution is 2.20. The van der Waals surface area contributed by atoms with E-state index < -0.39 is 15.9 Å². The van der Waals surface area contributed by atoms with Crippen LogP contribution in [0.2, 0.25) is 0 Å². The lowest BCUT2D eigenvalue weighted by Gasteiger charge is -2.06. The molecule has 1 amide bonds. The molecule has 2 rings (SSSR count). The number of aryl methyl sites for hydroxylation is 1. The second-order valence-corrected chi connectivity index (χ2v) is 6.28. The number of carbonyl (C=O) groups excluding carboxylic acids is 1. The molecule has 0 spiro atoms. The van der Waals surface area contributed by atoms with Crippen molar-refractivity contribution in [3.05, 3.63) is 53.9 Å². The fraction of sp³-hybridized carbons (Fsp3) is 0.143. The molecule has 0 aliphatic heterocycles. The molecule has 0 aliphatic rings. The molecule has 1 N–H and O–H groups in total. The third-order valence-electron chi connectivity index (χ3n) is 2.63. The number of hydrogen-bond donors (Lipinski definition) is 1. The van der Waals surface area contributed by atoms with Crippen molar-refractivity contribution in [2.75, 3.05) is 6.26 Å². The van der Waals surface area contributed by atoms with Gasteiger partial charge >= 0.3 is 0 Å². The lowest BCUT2D eigenvalue weighted by Crippen LogP contribution is -2.29. The Morgan fingerprint density at radius 3 is 2.55 bits per heavy atom. The van der Waals surface area contributed by atoms with Crippen LogP contribution < -0.4 is 4.72 Å². The number of rotatable bonds is 3. The van der Waals surface area contributed by atoms with Gasteiger partial charge in [0.1, 0.15) is 0 Å². The largest absolute Gasteiger partial charge is 0.268 e. The summed E-state index contributed by atoms with van der Waals surface area (Å²) in [5, 5.41) is 0. The lowest BCUT2D eigenvalue weighted by atomic mass is 10.0. The zero-order valence-electron chi connectivity index (χ0n) is 11.1. The van der Waals surface area contributed by atoms with E-state index in [4.69, 9.17) is 0 Å². The summed E-state index contributed by atoms with van der Waals surface area (Å²) in [5.74, 6) is -0.686. The highest BCUT2D eigenvalue weighted by atomic mass is 32.2. The first-order chi connectivity index (χ1) is 9.35. The molecule has 104 valence electrons. The minimum atomic E-state index is -3.58. The van der Waals surface area contributed by atoms with E-state index in [1.54, 1.807) is 12.3 Å². The van der Waals surface area contributed by atoms with E-state index in [0.29, 0.717) is 0 Å². The smallest absolute Gasteiger partial charge is 0.266 e. The predicted molar refractivity (Wildman–Crippen MR) is 76.7 cm³/mol. The van der Waals surface area contributed by atoms with Crippen molar-refractivity contribution in [3.63, 3.8) is 0 Å². The Balaban J connectivity index is 2.36. The van der Waals surface area contributed by atoms with Gasteiger partial charge in [0.15, 0.2) is 0 Å². The van der Waals surface area contributed by atoms with Crippen LogP contribution in [0.3, 0.4) is 0 Å². The molecule has 2 aromatic rings. The fourth-order valence-corrected chi connectivity index (χ4v) is 2.23. The van der Waals surface area contributed by atoms with E-state index >= 15 is 0 Å². The maximum Gasteiger partial charge on any atom is 0.266 e. The van der Waals surface area contributed by atoms with Gasteiger partial charge in [0.2, 0.25) is 10.0 Å². The second kappa shape index (κ2) is 5.42. The molecule has 5 nitrogen and oxygen atoms in total. The molecule has 0 fully saturated rings. The van der Waals surface area contributed by atoms with E-state index in [1.807, 2.05) is 35.9 Å². The first-order valence-electron chi connectivity index (χ1n) is 5.89. The lowest BCUT2D eigenvalue weighted by molar-refractivity contribution is 0.0981. The van der Waals surface area contributed by atoms with Crippen molar-refractivity contribution in [1.82, 2.24) is 9.71 Å². The SMILES string of the molecule is Cc1cccc(-c2cncc(C(=O)NS(C)(=O)=O)c2)c1. The van der Waals surface area contributed by atoms with Gasteiger partial charge in [0.25, 0.3) is 5.91 Å². The first kappa shape index (κ1) is 14.2. The number of nitrogens with zero attached hydrogens (tertiary/aromatic N) is 1. The Bertz CT molecular complexity index is 755. The second-order valence-electron chi connectivity index (χ2n) is 4.54. The first-order valence-corrected chi connectivity index (χ1v) is 7.78. The third-order valence-corrected chi connectivity index (χ3v) is 3.19. The molecule has 20 heavy (non-hydrogen) atoms. The van der Waals surface area contributed by atoms with Gasteiger partial charge in [-0.2, -0.15) is 0 Å². The van der Waals surface area contributed by atoms with Gasteiger partial charge in [-0.1, -0.05) is 29.8 Å². The van der Waals surface area contributed by atoms with Gasteiger partial charge in [-0.3, -0.25) is 9.78 Å². The van der Waals surface area contributed by atoms with Gasteiger partial charge < -0.3 is 0 Å². The molecule has 1 aromatic carbocycles. The van der Waals surface area contributed by atoms with Crippen LogP contribution in [0.4, 0.5) is 0 Å². The van der Waals surface area contributed by atoms with Crippen molar-refractivity contribution in [3.8, 4) is 11.1 Å². The van der Waals surface area contributed by atoms with Crippen molar-refractivity contribution in [2.24, 2.45) is 0 Å². The fourth-order valence-electron chi connectivity index (χ4n) is 1.77. The van der Waals surface area contributed by atoms with Gasteiger partial charge in [-0.25, -0.2) is 13.1 Å². The summed E-state index contributed by atoms with van der Waals surface area (Å²) in [6, 6.07) is 9.37. The Hall–Kier alpha value is -2.21. The standard InChI is InChI=1S/C14H14N2O3S/c1-10-4-3-5-11(6-10)12-7-13(9-15-8-12)14(17)16-20(2,18)19/h3-9H,1-2H3,(H,16,17).